The van der Waals surface area contributed by atoms with Crippen molar-refractivity contribution in [3.05, 3.63) is 35.4 Å². The highest BCUT2D eigenvalue weighted by atomic mass is 16.1. The Morgan fingerprint density at radius 2 is 2.25 bits per heavy atom. The number of rotatable bonds is 3. The van der Waals surface area contributed by atoms with Crippen molar-refractivity contribution >= 4 is 6.29 Å². The summed E-state index contributed by atoms with van der Waals surface area (Å²) in [5.74, 6) is 0.529. The number of carbonyl (C=O) groups excluding carboxylic acids is 1. The molecule has 86 valence electrons. The van der Waals surface area contributed by atoms with Crippen molar-refractivity contribution in [2.24, 2.45) is 5.92 Å². The van der Waals surface area contributed by atoms with Crippen LogP contribution in [0.4, 0.5) is 0 Å². The van der Waals surface area contributed by atoms with Crippen molar-refractivity contribution in [3.63, 3.8) is 0 Å². The van der Waals surface area contributed by atoms with Crippen LogP contribution < -0.4 is 5.32 Å². The molecule has 0 aromatic heterocycles. The van der Waals surface area contributed by atoms with Gasteiger partial charge in [0, 0.05) is 5.92 Å². The van der Waals surface area contributed by atoms with Gasteiger partial charge < -0.3 is 10.1 Å². The number of aldehydes is 1. The summed E-state index contributed by atoms with van der Waals surface area (Å²) in [6, 6.07) is 8.22. The van der Waals surface area contributed by atoms with Gasteiger partial charge in [0.05, 0.1) is 0 Å². The van der Waals surface area contributed by atoms with Crippen LogP contribution in [0.3, 0.4) is 0 Å². The zero-order chi connectivity index (χ0) is 11.4. The number of carbonyl (C=O) groups is 1. The number of hydrogen-bond donors (Lipinski definition) is 1. The van der Waals surface area contributed by atoms with E-state index in [9.17, 15) is 4.79 Å². The first kappa shape index (κ1) is 11.3. The normalized spacial score (nSPS) is 22.7. The minimum Gasteiger partial charge on any atom is -0.316 e. The van der Waals surface area contributed by atoms with Gasteiger partial charge in [0.15, 0.2) is 0 Å². The van der Waals surface area contributed by atoms with Crippen molar-refractivity contribution < 1.29 is 4.79 Å². The molecule has 1 fully saturated rings. The van der Waals surface area contributed by atoms with Crippen molar-refractivity contribution in [2.45, 2.75) is 25.7 Å². The van der Waals surface area contributed by atoms with Crippen LogP contribution in [-0.4, -0.2) is 19.4 Å². The predicted molar refractivity (Wildman–Crippen MR) is 65.6 cm³/mol. The second-order valence-corrected chi connectivity index (χ2v) is 4.62. The van der Waals surface area contributed by atoms with E-state index in [4.69, 9.17) is 0 Å². The van der Waals surface area contributed by atoms with Gasteiger partial charge in [-0.05, 0) is 49.9 Å². The first-order valence-corrected chi connectivity index (χ1v) is 6.04. The maximum absolute atomic E-state index is 11.3. The van der Waals surface area contributed by atoms with E-state index >= 15 is 0 Å². The van der Waals surface area contributed by atoms with E-state index in [1.165, 1.54) is 17.5 Å². The van der Waals surface area contributed by atoms with Crippen LogP contribution in [0.5, 0.6) is 0 Å². The fourth-order valence-corrected chi connectivity index (χ4v) is 2.58. The van der Waals surface area contributed by atoms with Crippen LogP contribution in [-0.2, 0) is 4.79 Å². The van der Waals surface area contributed by atoms with Crippen LogP contribution >= 0.6 is 0 Å². The zero-order valence-electron chi connectivity index (χ0n) is 9.78. The van der Waals surface area contributed by atoms with E-state index < -0.39 is 0 Å². The summed E-state index contributed by atoms with van der Waals surface area (Å²) < 4.78 is 0. The Hall–Kier alpha value is -1.15. The molecule has 1 aliphatic rings. The van der Waals surface area contributed by atoms with Gasteiger partial charge in [0.2, 0.25) is 0 Å². The number of aryl methyl sites for hydroxylation is 1. The molecule has 0 spiro atoms. The molecule has 2 rings (SSSR count). The highest BCUT2D eigenvalue weighted by molar-refractivity contribution is 5.64. The minimum absolute atomic E-state index is 0.0639. The van der Waals surface area contributed by atoms with Crippen LogP contribution in [0.1, 0.15) is 29.9 Å². The largest absolute Gasteiger partial charge is 0.316 e. The van der Waals surface area contributed by atoms with Gasteiger partial charge in [-0.3, -0.25) is 0 Å². The summed E-state index contributed by atoms with van der Waals surface area (Å²) in [6.45, 7) is 4.15. The van der Waals surface area contributed by atoms with Gasteiger partial charge in [-0.15, -0.1) is 0 Å². The van der Waals surface area contributed by atoms with Crippen LogP contribution in [0.15, 0.2) is 24.3 Å². The highest BCUT2D eigenvalue weighted by Crippen LogP contribution is 2.29. The first-order valence-electron chi connectivity index (χ1n) is 6.04. The Bertz CT molecular complexity index is 356. The Balaban J connectivity index is 2.21. The molecule has 2 heteroatoms. The molecule has 0 radical (unpaired) electrons. The van der Waals surface area contributed by atoms with E-state index in [1.54, 1.807) is 0 Å². The van der Waals surface area contributed by atoms with Gasteiger partial charge in [-0.25, -0.2) is 0 Å². The lowest BCUT2D eigenvalue weighted by atomic mass is 9.81. The SMILES string of the molecule is Cc1ccccc1C(C=O)C1CCCNC1. The monoisotopic (exact) mass is 217 g/mol. The maximum atomic E-state index is 11.3. The lowest BCUT2D eigenvalue weighted by Gasteiger charge is -2.28. The first-order chi connectivity index (χ1) is 7.83. The fourth-order valence-electron chi connectivity index (χ4n) is 2.58. The molecule has 0 saturated carbocycles. The van der Waals surface area contributed by atoms with Gasteiger partial charge in [-0.1, -0.05) is 24.3 Å². The summed E-state index contributed by atoms with van der Waals surface area (Å²) in [5.41, 5.74) is 2.43. The lowest BCUT2D eigenvalue weighted by Crippen LogP contribution is -2.34. The highest BCUT2D eigenvalue weighted by Gasteiger charge is 2.25. The van der Waals surface area contributed by atoms with Crippen LogP contribution in [0.25, 0.3) is 0 Å². The molecule has 1 aromatic carbocycles. The molecular formula is C14H19NO. The average molecular weight is 217 g/mol. The molecule has 1 aromatic rings. The Morgan fingerprint density at radius 1 is 1.44 bits per heavy atom. The van der Waals surface area contributed by atoms with Gasteiger partial charge in [-0.2, -0.15) is 0 Å². The average Bonchev–Trinajstić information content (AvgIpc) is 2.34. The third-order valence-corrected chi connectivity index (χ3v) is 3.54. The fraction of sp³-hybridized carbons (Fsp3) is 0.500. The molecule has 16 heavy (non-hydrogen) atoms. The van der Waals surface area contributed by atoms with Crippen LogP contribution in [0.2, 0.25) is 0 Å². The third-order valence-electron chi connectivity index (χ3n) is 3.54. The predicted octanol–water partition coefficient (Wildman–Crippen LogP) is 2.28. The molecule has 2 unspecified atom stereocenters. The molecule has 0 aliphatic carbocycles. The molecule has 1 aliphatic heterocycles. The van der Waals surface area contributed by atoms with Crippen LogP contribution in [0, 0.1) is 12.8 Å². The van der Waals surface area contributed by atoms with Gasteiger partial charge in [0.1, 0.15) is 6.29 Å². The topological polar surface area (TPSA) is 29.1 Å². The second kappa shape index (κ2) is 5.26. The van der Waals surface area contributed by atoms with Crippen molar-refractivity contribution in [3.8, 4) is 0 Å². The minimum atomic E-state index is 0.0639. The Kier molecular flexibility index (Phi) is 3.73. The zero-order valence-corrected chi connectivity index (χ0v) is 9.78. The third kappa shape index (κ3) is 2.33. The number of piperidine rings is 1. The molecule has 0 amide bonds. The molecule has 2 nitrogen and oxygen atoms in total. The lowest BCUT2D eigenvalue weighted by molar-refractivity contribution is -0.110. The maximum Gasteiger partial charge on any atom is 0.127 e. The number of nitrogens with one attached hydrogen (secondary N) is 1. The van der Waals surface area contributed by atoms with Gasteiger partial charge >= 0.3 is 0 Å². The van der Waals surface area contributed by atoms with Gasteiger partial charge in [0.25, 0.3) is 0 Å². The van der Waals surface area contributed by atoms with E-state index in [2.05, 4.69) is 24.4 Å². The molecule has 1 heterocycles. The summed E-state index contributed by atoms with van der Waals surface area (Å²) in [4.78, 5) is 11.3. The summed E-state index contributed by atoms with van der Waals surface area (Å²) in [5, 5.41) is 3.38. The summed E-state index contributed by atoms with van der Waals surface area (Å²) in [6.07, 6.45) is 3.46. The van der Waals surface area contributed by atoms with Crippen molar-refractivity contribution in [1.82, 2.24) is 5.32 Å². The summed E-state index contributed by atoms with van der Waals surface area (Å²) in [7, 11) is 0. The standard InChI is InChI=1S/C14H19NO/c1-11-5-2-3-7-13(11)14(10-16)12-6-4-8-15-9-12/h2-3,5,7,10,12,14-15H,4,6,8-9H2,1H3. The van der Waals surface area contributed by atoms with E-state index in [-0.39, 0.29) is 5.92 Å². The quantitative estimate of drug-likeness (QED) is 0.787. The smallest absolute Gasteiger partial charge is 0.127 e. The second-order valence-electron chi connectivity index (χ2n) is 4.62. The number of hydrogen-bond acceptors (Lipinski definition) is 2. The Morgan fingerprint density at radius 3 is 2.88 bits per heavy atom. The molecular weight excluding hydrogens is 198 g/mol. The van der Waals surface area contributed by atoms with Crippen molar-refractivity contribution in [2.75, 3.05) is 13.1 Å². The van der Waals surface area contributed by atoms with E-state index in [0.717, 1.165) is 25.8 Å². The van der Waals surface area contributed by atoms with E-state index in [1.807, 2.05) is 12.1 Å². The molecule has 1 N–H and O–H groups in total. The molecule has 2 atom stereocenters. The summed E-state index contributed by atoms with van der Waals surface area (Å²) >= 11 is 0. The number of benzene rings is 1. The molecule has 0 bridgehead atoms. The molecule has 1 saturated heterocycles. The Labute approximate surface area is 97.1 Å². The van der Waals surface area contributed by atoms with Crippen molar-refractivity contribution in [1.29, 1.82) is 0 Å². The van der Waals surface area contributed by atoms with E-state index in [0.29, 0.717) is 5.92 Å².